The number of amides is 1. The molecular formula is C15H6Br2Cl2F6N4OS2. The third-order valence-electron chi connectivity index (χ3n) is 3.13. The third-order valence-corrected chi connectivity index (χ3v) is 7.02. The van der Waals surface area contributed by atoms with Crippen LogP contribution in [0.2, 0.25) is 10.0 Å². The van der Waals surface area contributed by atoms with Gasteiger partial charge in [0.15, 0.2) is 21.7 Å². The SMILES string of the molecule is Nc1nc(C(F)(F)F)c(Br)s1.O=C(Nc1nc(C(F)(F)F)c(Br)s1)c1ccc(Cl)c(Cl)c1. The Bertz CT molecular complexity index is 1140. The van der Waals surface area contributed by atoms with E-state index in [-0.39, 0.29) is 33.4 Å². The van der Waals surface area contributed by atoms with Crippen molar-refractivity contribution in [1.82, 2.24) is 9.97 Å². The highest BCUT2D eigenvalue weighted by atomic mass is 79.9. The molecule has 0 radical (unpaired) electrons. The Morgan fingerprint density at radius 3 is 1.88 bits per heavy atom. The van der Waals surface area contributed by atoms with Gasteiger partial charge in [-0.3, -0.25) is 10.1 Å². The van der Waals surface area contributed by atoms with Crippen molar-refractivity contribution in [3.63, 3.8) is 0 Å². The summed E-state index contributed by atoms with van der Waals surface area (Å²) in [5.74, 6) is -0.636. The minimum atomic E-state index is -4.60. The molecule has 174 valence electrons. The molecule has 0 spiro atoms. The van der Waals surface area contributed by atoms with E-state index < -0.39 is 29.6 Å². The van der Waals surface area contributed by atoms with Crippen LogP contribution in [-0.2, 0) is 12.4 Å². The molecule has 2 heterocycles. The first-order valence-corrected chi connectivity index (χ1v) is 11.6. The Balaban J connectivity index is 0.000000278. The second kappa shape index (κ2) is 10.4. The molecule has 17 heteroatoms. The van der Waals surface area contributed by atoms with E-state index in [4.69, 9.17) is 28.9 Å². The number of nitrogens with zero attached hydrogens (tertiary/aromatic N) is 2. The number of benzene rings is 1. The number of nitrogens with two attached hydrogens (primary N) is 1. The average Bonchev–Trinajstić information content (AvgIpc) is 3.18. The van der Waals surface area contributed by atoms with Crippen molar-refractivity contribution in [3.05, 3.63) is 52.8 Å². The van der Waals surface area contributed by atoms with E-state index in [1.807, 2.05) is 0 Å². The van der Waals surface area contributed by atoms with Crippen molar-refractivity contribution in [2.24, 2.45) is 0 Å². The average molecular weight is 667 g/mol. The summed E-state index contributed by atoms with van der Waals surface area (Å²) in [6, 6.07) is 4.13. The lowest BCUT2D eigenvalue weighted by atomic mass is 10.2. The van der Waals surface area contributed by atoms with E-state index in [1.54, 1.807) is 0 Å². The highest BCUT2D eigenvalue weighted by Crippen LogP contribution is 2.40. The number of anilines is 2. The molecule has 0 saturated heterocycles. The van der Waals surface area contributed by atoms with E-state index in [1.165, 1.54) is 18.2 Å². The first-order chi connectivity index (χ1) is 14.6. The van der Waals surface area contributed by atoms with Crippen molar-refractivity contribution < 1.29 is 31.1 Å². The maximum atomic E-state index is 12.6. The van der Waals surface area contributed by atoms with Crippen molar-refractivity contribution in [2.45, 2.75) is 12.4 Å². The van der Waals surface area contributed by atoms with Crippen LogP contribution in [0.25, 0.3) is 0 Å². The van der Waals surface area contributed by atoms with Gasteiger partial charge in [-0.25, -0.2) is 9.97 Å². The van der Waals surface area contributed by atoms with Crippen molar-refractivity contribution in [3.8, 4) is 0 Å². The lowest BCUT2D eigenvalue weighted by molar-refractivity contribution is -0.142. The maximum Gasteiger partial charge on any atom is 0.435 e. The molecule has 0 unspecified atom stereocenters. The van der Waals surface area contributed by atoms with Gasteiger partial charge in [0.25, 0.3) is 5.91 Å². The standard InChI is InChI=1S/C11H4BrCl2F3N2OS.C4H2BrF3N2S/c12-8-7(11(15,16)17)18-10(21-8)19-9(20)4-1-2-5(13)6(14)3-4;5-2-1(4(6,7)8)10-3(9)11-2/h1-3H,(H,18,19,20);(H2,9,10). The molecule has 3 aromatic rings. The molecule has 0 bridgehead atoms. The van der Waals surface area contributed by atoms with Crippen LogP contribution in [0.1, 0.15) is 21.7 Å². The molecule has 0 saturated carbocycles. The zero-order valence-electron chi connectivity index (χ0n) is 14.7. The fraction of sp³-hybridized carbons (Fsp3) is 0.133. The van der Waals surface area contributed by atoms with Gasteiger partial charge in [0, 0.05) is 5.56 Å². The third kappa shape index (κ3) is 7.18. The number of aromatic nitrogens is 2. The summed E-state index contributed by atoms with van der Waals surface area (Å²) in [4.78, 5) is 18.4. The zero-order valence-corrected chi connectivity index (χ0v) is 21.0. The topological polar surface area (TPSA) is 80.9 Å². The van der Waals surface area contributed by atoms with Crippen LogP contribution < -0.4 is 11.1 Å². The number of nitrogen functional groups attached to an aromatic ring is 1. The second-order valence-electron chi connectivity index (χ2n) is 5.39. The first-order valence-electron chi connectivity index (χ1n) is 7.58. The number of rotatable bonds is 2. The molecule has 0 aliphatic heterocycles. The Morgan fingerprint density at radius 1 is 0.938 bits per heavy atom. The fourth-order valence-electron chi connectivity index (χ4n) is 1.83. The summed E-state index contributed by atoms with van der Waals surface area (Å²) in [5.41, 5.74) is 3.17. The number of carbonyl (C=O) groups excluding carboxylic acids is 1. The van der Waals surface area contributed by atoms with Gasteiger partial charge in [0.1, 0.15) is 7.57 Å². The first kappa shape index (κ1) is 27.1. The maximum absolute atomic E-state index is 12.6. The molecule has 0 aliphatic rings. The van der Waals surface area contributed by atoms with Crippen LogP contribution in [0.4, 0.5) is 36.6 Å². The van der Waals surface area contributed by atoms with Gasteiger partial charge in [-0.15, -0.1) is 0 Å². The number of alkyl halides is 6. The molecule has 1 amide bonds. The quantitative estimate of drug-likeness (QED) is 0.272. The lowest BCUT2D eigenvalue weighted by Gasteiger charge is -2.03. The van der Waals surface area contributed by atoms with Crippen LogP contribution >= 0.6 is 77.7 Å². The molecule has 0 aliphatic carbocycles. The van der Waals surface area contributed by atoms with Crippen LogP contribution in [0.3, 0.4) is 0 Å². The minimum absolute atomic E-state index is 0.0810. The molecule has 3 rings (SSSR count). The van der Waals surface area contributed by atoms with Crippen molar-refractivity contribution >= 4 is 93.9 Å². The number of hydrogen-bond donors (Lipinski definition) is 2. The molecule has 2 aromatic heterocycles. The lowest BCUT2D eigenvalue weighted by Crippen LogP contribution is -2.12. The van der Waals surface area contributed by atoms with Crippen LogP contribution in [0.5, 0.6) is 0 Å². The predicted octanol–water partition coefficient (Wildman–Crippen LogP) is 7.99. The van der Waals surface area contributed by atoms with Gasteiger partial charge in [-0.2, -0.15) is 26.3 Å². The monoisotopic (exact) mass is 664 g/mol. The van der Waals surface area contributed by atoms with E-state index in [9.17, 15) is 31.1 Å². The van der Waals surface area contributed by atoms with Gasteiger partial charge in [-0.05, 0) is 50.1 Å². The second-order valence-corrected chi connectivity index (χ2v) is 10.9. The molecule has 0 fully saturated rings. The molecule has 0 atom stereocenters. The normalized spacial score (nSPS) is 11.7. The van der Waals surface area contributed by atoms with E-state index in [2.05, 4.69) is 47.1 Å². The van der Waals surface area contributed by atoms with Gasteiger partial charge >= 0.3 is 12.4 Å². The molecule has 1 aromatic carbocycles. The fourth-order valence-corrected chi connectivity index (χ4v) is 5.00. The number of nitrogens with one attached hydrogen (secondary N) is 1. The largest absolute Gasteiger partial charge is 0.435 e. The van der Waals surface area contributed by atoms with Crippen molar-refractivity contribution in [2.75, 3.05) is 11.1 Å². The molecule has 5 nitrogen and oxygen atoms in total. The van der Waals surface area contributed by atoms with E-state index in [0.29, 0.717) is 11.3 Å². The summed E-state index contributed by atoms with van der Waals surface area (Å²) in [6.07, 6.45) is -9.02. The Kier molecular flexibility index (Phi) is 8.83. The number of carbonyl (C=O) groups is 1. The molecule has 32 heavy (non-hydrogen) atoms. The molecular weight excluding hydrogens is 661 g/mol. The van der Waals surface area contributed by atoms with Crippen LogP contribution in [0, 0.1) is 0 Å². The summed E-state index contributed by atoms with van der Waals surface area (Å²) >= 11 is 18.4. The Labute approximate surface area is 210 Å². The highest BCUT2D eigenvalue weighted by Gasteiger charge is 2.37. The number of thiazole rings is 2. The van der Waals surface area contributed by atoms with Gasteiger partial charge < -0.3 is 5.73 Å². The predicted molar refractivity (Wildman–Crippen MR) is 118 cm³/mol. The summed E-state index contributed by atoms with van der Waals surface area (Å²) < 4.78 is 73.2. The summed E-state index contributed by atoms with van der Waals surface area (Å²) in [7, 11) is 0. The van der Waals surface area contributed by atoms with Gasteiger partial charge in [0.05, 0.1) is 10.0 Å². The number of halogens is 10. The highest BCUT2D eigenvalue weighted by molar-refractivity contribution is 9.11. The Hall–Kier alpha value is -1.13. The van der Waals surface area contributed by atoms with Crippen LogP contribution in [-0.4, -0.2) is 15.9 Å². The smallest absolute Gasteiger partial charge is 0.375 e. The van der Waals surface area contributed by atoms with E-state index >= 15 is 0 Å². The molecule has 3 N–H and O–H groups in total. The van der Waals surface area contributed by atoms with Gasteiger partial charge in [-0.1, -0.05) is 45.9 Å². The zero-order chi connectivity index (χ0) is 24.4. The van der Waals surface area contributed by atoms with Crippen molar-refractivity contribution in [1.29, 1.82) is 0 Å². The summed E-state index contributed by atoms with van der Waals surface area (Å²) in [6.45, 7) is 0. The van der Waals surface area contributed by atoms with Crippen LogP contribution in [0.15, 0.2) is 25.8 Å². The summed E-state index contributed by atoms with van der Waals surface area (Å²) in [5, 5.41) is 2.44. The van der Waals surface area contributed by atoms with Gasteiger partial charge in [0.2, 0.25) is 0 Å². The van der Waals surface area contributed by atoms with E-state index in [0.717, 1.165) is 11.3 Å². The minimum Gasteiger partial charge on any atom is -0.375 e. The number of hydrogen-bond acceptors (Lipinski definition) is 6. The Morgan fingerprint density at radius 2 is 1.47 bits per heavy atom.